The van der Waals surface area contributed by atoms with E-state index in [0.717, 1.165) is 0 Å². The maximum Gasteiger partial charge on any atom is 0.399 e. The van der Waals surface area contributed by atoms with Gasteiger partial charge in [-0.2, -0.15) is 26.3 Å². The summed E-state index contributed by atoms with van der Waals surface area (Å²) in [6.07, 6.45) is -12.2. The zero-order chi connectivity index (χ0) is 12.7. The molecule has 0 saturated heterocycles. The molecule has 0 aliphatic heterocycles. The van der Waals surface area contributed by atoms with Crippen molar-refractivity contribution in [1.29, 1.82) is 0 Å². The number of aliphatic carboxylic acids is 1. The van der Waals surface area contributed by atoms with Crippen LogP contribution in [0, 0.1) is 0 Å². The Bertz CT molecular complexity index is 206. The number of carbonyl (C=O) groups excluding carboxylic acids is 1. The standard InChI is InChI=1S/C3H3F3O2.C3H3F3O/c4-3(5,6)1-2(7)8;4-3(5,6)1-2-7/h1H2,(H,7,8);2H,1H2. The van der Waals surface area contributed by atoms with Crippen LogP contribution in [0.25, 0.3) is 0 Å². The van der Waals surface area contributed by atoms with Crippen LogP contribution in [-0.4, -0.2) is 29.7 Å². The lowest BCUT2D eigenvalue weighted by atomic mass is 10.4. The van der Waals surface area contributed by atoms with Crippen molar-refractivity contribution in [1.82, 2.24) is 0 Å². The predicted octanol–water partition coefficient (Wildman–Crippen LogP) is 2.16. The Morgan fingerprint density at radius 1 is 1.07 bits per heavy atom. The number of hydrogen-bond donors (Lipinski definition) is 1. The third-order valence-corrected chi connectivity index (χ3v) is 0.666. The minimum atomic E-state index is -4.58. The molecule has 0 atom stereocenters. The van der Waals surface area contributed by atoms with Gasteiger partial charge in [0.1, 0.15) is 12.7 Å². The zero-order valence-corrected chi connectivity index (χ0v) is 7.02. The number of carboxylic acid groups (broad SMARTS) is 1. The summed E-state index contributed by atoms with van der Waals surface area (Å²) in [5, 5.41) is 7.53. The van der Waals surface area contributed by atoms with E-state index in [4.69, 9.17) is 9.90 Å². The quantitative estimate of drug-likeness (QED) is 0.594. The third kappa shape index (κ3) is 24.5. The van der Waals surface area contributed by atoms with Crippen LogP contribution >= 0.6 is 0 Å². The van der Waals surface area contributed by atoms with Gasteiger partial charge in [0.25, 0.3) is 0 Å². The van der Waals surface area contributed by atoms with Gasteiger partial charge in [0, 0.05) is 0 Å². The van der Waals surface area contributed by atoms with Crippen molar-refractivity contribution in [2.45, 2.75) is 25.2 Å². The van der Waals surface area contributed by atoms with E-state index in [1.165, 1.54) is 0 Å². The summed E-state index contributed by atoms with van der Waals surface area (Å²) in [6.45, 7) is 0. The van der Waals surface area contributed by atoms with Crippen LogP contribution in [0.3, 0.4) is 0 Å². The molecule has 9 heteroatoms. The lowest BCUT2D eigenvalue weighted by Crippen LogP contribution is -2.13. The molecule has 0 radical (unpaired) electrons. The number of halogens is 6. The second kappa shape index (κ2) is 6.25. The molecule has 0 bridgehead atoms. The first-order valence-electron chi connectivity index (χ1n) is 3.27. The molecule has 0 amide bonds. The number of alkyl halides is 6. The molecule has 0 unspecified atom stereocenters. The molecule has 0 fully saturated rings. The molecule has 90 valence electrons. The van der Waals surface area contributed by atoms with Crippen molar-refractivity contribution in [3.05, 3.63) is 0 Å². The van der Waals surface area contributed by atoms with Gasteiger partial charge in [-0.25, -0.2) is 0 Å². The second-order valence-corrected chi connectivity index (χ2v) is 2.17. The van der Waals surface area contributed by atoms with Crippen molar-refractivity contribution in [3.63, 3.8) is 0 Å². The van der Waals surface area contributed by atoms with E-state index in [0.29, 0.717) is 0 Å². The highest BCUT2D eigenvalue weighted by molar-refractivity contribution is 5.67. The fraction of sp³-hybridized carbons (Fsp3) is 0.667. The molecule has 1 N–H and O–H groups in total. The van der Waals surface area contributed by atoms with Crippen LogP contribution in [-0.2, 0) is 9.59 Å². The molecular formula is C6H6F6O3. The molecular weight excluding hydrogens is 234 g/mol. The first-order valence-corrected chi connectivity index (χ1v) is 3.27. The summed E-state index contributed by atoms with van der Waals surface area (Å²) >= 11 is 0. The number of carboxylic acids is 1. The van der Waals surface area contributed by atoms with E-state index in [1.54, 1.807) is 0 Å². The van der Waals surface area contributed by atoms with E-state index in [9.17, 15) is 31.1 Å². The van der Waals surface area contributed by atoms with Gasteiger partial charge in [0.15, 0.2) is 0 Å². The molecule has 0 aliphatic carbocycles. The predicted molar refractivity (Wildman–Crippen MR) is 35.0 cm³/mol. The minimum Gasteiger partial charge on any atom is -0.481 e. The smallest absolute Gasteiger partial charge is 0.399 e. The zero-order valence-electron chi connectivity index (χ0n) is 7.02. The summed E-state index contributed by atoms with van der Waals surface area (Å²) in [4.78, 5) is 18.4. The minimum absolute atomic E-state index is 0.167. The molecule has 0 aliphatic rings. The van der Waals surface area contributed by atoms with Gasteiger partial charge in [-0.05, 0) is 0 Å². The summed E-state index contributed by atoms with van der Waals surface area (Å²) in [6, 6.07) is 0. The van der Waals surface area contributed by atoms with Gasteiger partial charge >= 0.3 is 18.3 Å². The maximum atomic E-state index is 10.9. The molecule has 0 aromatic heterocycles. The molecule has 0 saturated carbocycles. The Morgan fingerprint density at radius 3 is 1.47 bits per heavy atom. The highest BCUT2D eigenvalue weighted by Gasteiger charge is 2.30. The highest BCUT2D eigenvalue weighted by Crippen LogP contribution is 2.18. The van der Waals surface area contributed by atoms with E-state index in [2.05, 4.69) is 0 Å². The summed E-state index contributed by atoms with van der Waals surface area (Å²) in [5.74, 6) is -1.85. The fourth-order valence-electron chi connectivity index (χ4n) is 0.266. The van der Waals surface area contributed by atoms with Crippen LogP contribution in [0.4, 0.5) is 26.3 Å². The van der Waals surface area contributed by atoms with Gasteiger partial charge in [-0.1, -0.05) is 0 Å². The Kier molecular flexibility index (Phi) is 6.73. The fourth-order valence-corrected chi connectivity index (χ4v) is 0.266. The number of carbonyl (C=O) groups is 2. The lowest BCUT2D eigenvalue weighted by Gasteiger charge is -1.98. The number of aldehydes is 1. The van der Waals surface area contributed by atoms with Crippen LogP contribution in [0.1, 0.15) is 12.8 Å². The van der Waals surface area contributed by atoms with E-state index in [1.807, 2.05) is 0 Å². The Hall–Kier alpha value is -1.28. The van der Waals surface area contributed by atoms with Crippen molar-refractivity contribution >= 4 is 12.3 Å². The highest BCUT2D eigenvalue weighted by atomic mass is 19.4. The monoisotopic (exact) mass is 240 g/mol. The maximum absolute atomic E-state index is 10.9. The van der Waals surface area contributed by atoms with Gasteiger partial charge in [0.2, 0.25) is 0 Å². The van der Waals surface area contributed by atoms with Gasteiger partial charge in [-0.3, -0.25) is 4.79 Å². The van der Waals surface area contributed by atoms with Crippen LogP contribution in [0.2, 0.25) is 0 Å². The summed E-state index contributed by atoms with van der Waals surface area (Å²) in [7, 11) is 0. The molecule has 3 nitrogen and oxygen atoms in total. The SMILES string of the molecule is O=C(O)CC(F)(F)F.O=CCC(F)(F)F. The second-order valence-electron chi connectivity index (χ2n) is 2.17. The molecule has 0 spiro atoms. The summed E-state index contributed by atoms with van der Waals surface area (Å²) in [5.41, 5.74) is 0. The summed E-state index contributed by atoms with van der Waals surface area (Å²) < 4.78 is 65.3. The Morgan fingerprint density at radius 2 is 1.47 bits per heavy atom. The third-order valence-electron chi connectivity index (χ3n) is 0.666. The first-order chi connectivity index (χ1) is 6.48. The van der Waals surface area contributed by atoms with Crippen molar-refractivity contribution in [2.24, 2.45) is 0 Å². The normalized spacial score (nSPS) is 11.3. The van der Waals surface area contributed by atoms with Crippen molar-refractivity contribution in [3.8, 4) is 0 Å². The van der Waals surface area contributed by atoms with E-state index < -0.39 is 31.2 Å². The topological polar surface area (TPSA) is 54.4 Å². The van der Waals surface area contributed by atoms with E-state index >= 15 is 0 Å². The lowest BCUT2D eigenvalue weighted by molar-refractivity contribution is -0.166. The Balaban J connectivity index is 0. The van der Waals surface area contributed by atoms with Crippen LogP contribution < -0.4 is 0 Å². The Labute approximate surface area is 79.7 Å². The first kappa shape index (κ1) is 16.2. The number of hydrogen-bond acceptors (Lipinski definition) is 2. The van der Waals surface area contributed by atoms with Gasteiger partial charge in [-0.15, -0.1) is 0 Å². The van der Waals surface area contributed by atoms with Crippen LogP contribution in [0.5, 0.6) is 0 Å². The molecule has 0 aromatic carbocycles. The molecule has 15 heavy (non-hydrogen) atoms. The van der Waals surface area contributed by atoms with Crippen molar-refractivity contribution < 1.29 is 41.0 Å². The molecule has 0 rings (SSSR count). The van der Waals surface area contributed by atoms with Crippen molar-refractivity contribution in [2.75, 3.05) is 0 Å². The largest absolute Gasteiger partial charge is 0.481 e. The molecule has 0 heterocycles. The van der Waals surface area contributed by atoms with E-state index in [-0.39, 0.29) is 6.29 Å². The number of rotatable bonds is 2. The average Bonchev–Trinajstić information content (AvgIpc) is 1.77. The van der Waals surface area contributed by atoms with Gasteiger partial charge < -0.3 is 9.90 Å². The average molecular weight is 240 g/mol. The van der Waals surface area contributed by atoms with Crippen LogP contribution in [0.15, 0.2) is 0 Å². The molecule has 0 aromatic rings. The van der Waals surface area contributed by atoms with Gasteiger partial charge in [0.05, 0.1) is 6.42 Å².